The molecule has 0 amide bonds. The second-order valence-electron chi connectivity index (χ2n) is 3.22. The third kappa shape index (κ3) is 4.73. The van der Waals surface area contributed by atoms with Crippen molar-refractivity contribution in [1.82, 2.24) is 0 Å². The summed E-state index contributed by atoms with van der Waals surface area (Å²) in [5, 5.41) is 9.61. The standard InChI is InChI=1S/C10H22O2/c1-4-7-12-8-10(11)9(5-2)6-3/h9-11H,4-8H2,1-3H3. The van der Waals surface area contributed by atoms with Crippen LogP contribution in [0.1, 0.15) is 40.0 Å². The first-order valence-electron chi connectivity index (χ1n) is 5.01. The van der Waals surface area contributed by atoms with Gasteiger partial charge in [0.2, 0.25) is 0 Å². The highest BCUT2D eigenvalue weighted by atomic mass is 16.5. The van der Waals surface area contributed by atoms with Crippen molar-refractivity contribution in [3.63, 3.8) is 0 Å². The van der Waals surface area contributed by atoms with Gasteiger partial charge < -0.3 is 9.84 Å². The minimum atomic E-state index is -0.272. The molecule has 74 valence electrons. The molecule has 0 aliphatic heterocycles. The molecule has 0 saturated carbocycles. The van der Waals surface area contributed by atoms with Gasteiger partial charge in [0.1, 0.15) is 0 Å². The second kappa shape index (κ2) is 7.56. The lowest BCUT2D eigenvalue weighted by Crippen LogP contribution is -2.25. The van der Waals surface area contributed by atoms with Crippen molar-refractivity contribution in [2.45, 2.75) is 46.1 Å². The largest absolute Gasteiger partial charge is 0.390 e. The third-order valence-electron chi connectivity index (χ3n) is 2.23. The number of rotatable bonds is 7. The molecule has 0 aromatic heterocycles. The fourth-order valence-corrected chi connectivity index (χ4v) is 1.32. The van der Waals surface area contributed by atoms with Gasteiger partial charge in [-0.15, -0.1) is 0 Å². The molecule has 0 aromatic rings. The van der Waals surface area contributed by atoms with Crippen molar-refractivity contribution in [2.24, 2.45) is 5.92 Å². The van der Waals surface area contributed by atoms with Crippen LogP contribution in [0, 0.1) is 5.92 Å². The quantitative estimate of drug-likeness (QED) is 0.600. The maximum Gasteiger partial charge on any atom is 0.0801 e. The minimum absolute atomic E-state index is 0.272. The van der Waals surface area contributed by atoms with E-state index in [2.05, 4.69) is 20.8 Å². The van der Waals surface area contributed by atoms with Gasteiger partial charge in [0.25, 0.3) is 0 Å². The summed E-state index contributed by atoms with van der Waals surface area (Å²) in [7, 11) is 0. The number of hydrogen-bond acceptors (Lipinski definition) is 2. The Morgan fingerprint density at radius 1 is 1.17 bits per heavy atom. The molecule has 1 N–H and O–H groups in total. The van der Waals surface area contributed by atoms with E-state index in [1.807, 2.05) is 0 Å². The van der Waals surface area contributed by atoms with Crippen LogP contribution in [0.4, 0.5) is 0 Å². The molecular weight excluding hydrogens is 152 g/mol. The van der Waals surface area contributed by atoms with Gasteiger partial charge in [0.15, 0.2) is 0 Å². The number of aliphatic hydroxyl groups excluding tert-OH is 1. The smallest absolute Gasteiger partial charge is 0.0801 e. The molecule has 1 unspecified atom stereocenters. The summed E-state index contributed by atoms with van der Waals surface area (Å²) < 4.78 is 5.28. The molecule has 0 radical (unpaired) electrons. The molecule has 0 rings (SSSR count). The van der Waals surface area contributed by atoms with Gasteiger partial charge >= 0.3 is 0 Å². The lowest BCUT2D eigenvalue weighted by molar-refractivity contribution is 0.00289. The van der Waals surface area contributed by atoms with Crippen LogP contribution in [-0.4, -0.2) is 24.4 Å². The van der Waals surface area contributed by atoms with Crippen LogP contribution in [-0.2, 0) is 4.74 Å². The van der Waals surface area contributed by atoms with Gasteiger partial charge in [0, 0.05) is 6.61 Å². The lowest BCUT2D eigenvalue weighted by Gasteiger charge is -2.19. The highest BCUT2D eigenvalue weighted by Crippen LogP contribution is 2.13. The third-order valence-corrected chi connectivity index (χ3v) is 2.23. The van der Waals surface area contributed by atoms with Crippen LogP contribution in [0.5, 0.6) is 0 Å². The van der Waals surface area contributed by atoms with Crippen molar-refractivity contribution < 1.29 is 9.84 Å². The molecule has 0 aliphatic rings. The van der Waals surface area contributed by atoms with Gasteiger partial charge in [-0.3, -0.25) is 0 Å². The Balaban J connectivity index is 3.47. The Hall–Kier alpha value is -0.0800. The number of ether oxygens (including phenoxy) is 1. The van der Waals surface area contributed by atoms with Crippen LogP contribution >= 0.6 is 0 Å². The summed E-state index contributed by atoms with van der Waals surface area (Å²) in [5.74, 6) is 0.404. The average molecular weight is 174 g/mol. The summed E-state index contributed by atoms with van der Waals surface area (Å²) in [6.07, 6.45) is 2.82. The molecule has 0 aliphatic carbocycles. The van der Waals surface area contributed by atoms with Crippen LogP contribution in [0.25, 0.3) is 0 Å². The predicted octanol–water partition coefficient (Wildman–Crippen LogP) is 2.21. The highest BCUT2D eigenvalue weighted by molar-refractivity contribution is 4.64. The summed E-state index contributed by atoms with van der Waals surface area (Å²) >= 11 is 0. The maximum absolute atomic E-state index is 9.61. The maximum atomic E-state index is 9.61. The second-order valence-corrected chi connectivity index (χ2v) is 3.22. The zero-order valence-electron chi connectivity index (χ0n) is 8.55. The molecule has 12 heavy (non-hydrogen) atoms. The summed E-state index contributed by atoms with van der Waals surface area (Å²) in [5.41, 5.74) is 0. The average Bonchev–Trinajstić information content (AvgIpc) is 2.07. The van der Waals surface area contributed by atoms with E-state index in [0.717, 1.165) is 25.9 Å². The molecule has 0 heterocycles. The molecule has 0 aromatic carbocycles. The Kier molecular flexibility index (Phi) is 7.51. The van der Waals surface area contributed by atoms with Crippen LogP contribution in [0.2, 0.25) is 0 Å². The van der Waals surface area contributed by atoms with E-state index in [-0.39, 0.29) is 6.10 Å². The minimum Gasteiger partial charge on any atom is -0.390 e. The molecule has 1 atom stereocenters. The normalized spacial score (nSPS) is 13.8. The Morgan fingerprint density at radius 2 is 1.75 bits per heavy atom. The van der Waals surface area contributed by atoms with Gasteiger partial charge in [-0.2, -0.15) is 0 Å². The summed E-state index contributed by atoms with van der Waals surface area (Å²) in [6, 6.07) is 0. The van der Waals surface area contributed by atoms with Crippen molar-refractivity contribution in [2.75, 3.05) is 13.2 Å². The Morgan fingerprint density at radius 3 is 2.17 bits per heavy atom. The number of aliphatic hydroxyl groups is 1. The van der Waals surface area contributed by atoms with Gasteiger partial charge in [-0.05, 0) is 12.3 Å². The monoisotopic (exact) mass is 174 g/mol. The van der Waals surface area contributed by atoms with E-state index >= 15 is 0 Å². The first-order valence-corrected chi connectivity index (χ1v) is 5.01. The van der Waals surface area contributed by atoms with E-state index in [9.17, 15) is 5.11 Å². The zero-order chi connectivity index (χ0) is 9.40. The first kappa shape index (κ1) is 11.9. The topological polar surface area (TPSA) is 29.5 Å². The van der Waals surface area contributed by atoms with Crippen LogP contribution < -0.4 is 0 Å². The molecule has 2 heteroatoms. The Bertz CT molecular complexity index is 89.8. The van der Waals surface area contributed by atoms with E-state index < -0.39 is 0 Å². The molecule has 0 fully saturated rings. The molecule has 0 saturated heterocycles. The van der Waals surface area contributed by atoms with Crippen LogP contribution in [0.15, 0.2) is 0 Å². The molecular formula is C10H22O2. The predicted molar refractivity (Wildman–Crippen MR) is 51.2 cm³/mol. The van der Waals surface area contributed by atoms with Crippen molar-refractivity contribution in [3.05, 3.63) is 0 Å². The van der Waals surface area contributed by atoms with Crippen molar-refractivity contribution in [3.8, 4) is 0 Å². The first-order chi connectivity index (χ1) is 5.76. The summed E-state index contributed by atoms with van der Waals surface area (Å²) in [4.78, 5) is 0. The molecule has 0 spiro atoms. The number of hydrogen-bond donors (Lipinski definition) is 1. The van der Waals surface area contributed by atoms with Gasteiger partial charge in [-0.1, -0.05) is 33.6 Å². The SMILES string of the molecule is CCCOCC(O)C(CC)CC. The van der Waals surface area contributed by atoms with E-state index in [4.69, 9.17) is 4.74 Å². The Labute approximate surface area is 75.9 Å². The fourth-order valence-electron chi connectivity index (χ4n) is 1.32. The summed E-state index contributed by atoms with van der Waals surface area (Å²) in [6.45, 7) is 7.55. The lowest BCUT2D eigenvalue weighted by atomic mass is 9.97. The van der Waals surface area contributed by atoms with Gasteiger partial charge in [0.05, 0.1) is 12.7 Å². The van der Waals surface area contributed by atoms with Crippen LogP contribution in [0.3, 0.4) is 0 Å². The van der Waals surface area contributed by atoms with Crippen molar-refractivity contribution in [1.29, 1.82) is 0 Å². The molecule has 0 bridgehead atoms. The fraction of sp³-hybridized carbons (Fsp3) is 1.00. The highest BCUT2D eigenvalue weighted by Gasteiger charge is 2.14. The van der Waals surface area contributed by atoms with E-state index in [1.165, 1.54) is 0 Å². The van der Waals surface area contributed by atoms with Gasteiger partial charge in [-0.25, -0.2) is 0 Å². The zero-order valence-corrected chi connectivity index (χ0v) is 8.55. The van der Waals surface area contributed by atoms with Crippen molar-refractivity contribution >= 4 is 0 Å². The van der Waals surface area contributed by atoms with E-state index in [0.29, 0.717) is 12.5 Å². The van der Waals surface area contributed by atoms with E-state index in [1.54, 1.807) is 0 Å². The molecule has 2 nitrogen and oxygen atoms in total.